The van der Waals surface area contributed by atoms with E-state index in [1.165, 1.54) is 31.2 Å². The van der Waals surface area contributed by atoms with Crippen LogP contribution in [0.2, 0.25) is 0 Å². The van der Waals surface area contributed by atoms with Gasteiger partial charge >= 0.3 is 5.97 Å². The van der Waals surface area contributed by atoms with Crippen LogP contribution in [0.15, 0.2) is 40.9 Å². The average Bonchev–Trinajstić information content (AvgIpc) is 3.21. The highest BCUT2D eigenvalue weighted by Crippen LogP contribution is 2.50. The van der Waals surface area contributed by atoms with Crippen molar-refractivity contribution >= 4 is 32.8 Å². The number of rotatable bonds is 4. The van der Waals surface area contributed by atoms with Gasteiger partial charge in [-0.25, -0.2) is 4.79 Å². The normalized spacial score (nSPS) is 24.7. The summed E-state index contributed by atoms with van der Waals surface area (Å²) in [7, 11) is 0. The number of carbonyl (C=O) groups excluding carboxylic acids is 1. The van der Waals surface area contributed by atoms with Crippen LogP contribution in [0.5, 0.6) is 5.75 Å². The van der Waals surface area contributed by atoms with Crippen molar-refractivity contribution < 1.29 is 14.3 Å². The van der Waals surface area contributed by atoms with Crippen LogP contribution in [0.3, 0.4) is 0 Å². The van der Waals surface area contributed by atoms with E-state index in [1.54, 1.807) is 0 Å². The first-order valence-corrected chi connectivity index (χ1v) is 13.8. The quantitative estimate of drug-likeness (QED) is 0.375. The van der Waals surface area contributed by atoms with Crippen molar-refractivity contribution in [1.29, 1.82) is 0 Å². The van der Waals surface area contributed by atoms with E-state index in [0.717, 1.165) is 58.3 Å². The third kappa shape index (κ3) is 3.80. The van der Waals surface area contributed by atoms with Crippen molar-refractivity contribution in [2.24, 2.45) is 5.92 Å². The highest BCUT2D eigenvalue weighted by Gasteiger charge is 2.52. The molecular weight excluding hydrogens is 504 g/mol. The first-order valence-electron chi connectivity index (χ1n) is 13.0. The topological polar surface area (TPSA) is 54.6 Å². The van der Waals surface area contributed by atoms with E-state index >= 15 is 0 Å². The molecule has 0 aliphatic carbocycles. The van der Waals surface area contributed by atoms with Gasteiger partial charge in [0, 0.05) is 58.0 Å². The summed E-state index contributed by atoms with van der Waals surface area (Å²) in [6.45, 7) is 6.65. The van der Waals surface area contributed by atoms with Crippen molar-refractivity contribution in [3.63, 3.8) is 0 Å². The Kier molecular flexibility index (Phi) is 5.92. The highest BCUT2D eigenvalue weighted by molar-refractivity contribution is 9.10. The molecule has 0 amide bonds. The molecule has 0 saturated carbocycles. The SMILES string of the molecule is Cc1[nH]c2ccc3c(c2c1C(=O)OC[C@@H](C)c1ccccc1Br)CC1CCCN2CCCCC12O3. The number of aryl methyl sites for hydroxylation is 1. The maximum absolute atomic E-state index is 13.5. The van der Waals surface area contributed by atoms with Gasteiger partial charge < -0.3 is 14.5 Å². The Morgan fingerprint density at radius 3 is 2.91 bits per heavy atom. The number of carbonyl (C=O) groups is 1. The average molecular weight is 537 g/mol. The molecule has 5 nitrogen and oxygen atoms in total. The van der Waals surface area contributed by atoms with Gasteiger partial charge in [-0.1, -0.05) is 41.1 Å². The summed E-state index contributed by atoms with van der Waals surface area (Å²) < 4.78 is 13.8. The second-order valence-corrected chi connectivity index (χ2v) is 11.4. The molecule has 1 spiro atoms. The predicted molar refractivity (Wildman–Crippen MR) is 141 cm³/mol. The van der Waals surface area contributed by atoms with Gasteiger partial charge in [-0.05, 0) is 62.8 Å². The van der Waals surface area contributed by atoms with Gasteiger partial charge in [0.2, 0.25) is 0 Å². The second kappa shape index (κ2) is 8.97. The van der Waals surface area contributed by atoms with Crippen LogP contribution in [0.25, 0.3) is 10.9 Å². The molecule has 2 unspecified atom stereocenters. The van der Waals surface area contributed by atoms with Crippen molar-refractivity contribution in [1.82, 2.24) is 9.88 Å². The maximum Gasteiger partial charge on any atom is 0.340 e. The minimum Gasteiger partial charge on any atom is -0.472 e. The number of hydrogen-bond donors (Lipinski definition) is 1. The summed E-state index contributed by atoms with van der Waals surface area (Å²) in [5.74, 6) is 1.24. The van der Waals surface area contributed by atoms with Crippen LogP contribution in [0.1, 0.15) is 72.1 Å². The molecule has 2 aromatic carbocycles. The number of benzene rings is 2. The molecule has 3 aromatic rings. The van der Waals surface area contributed by atoms with Crippen LogP contribution in [-0.2, 0) is 11.2 Å². The zero-order valence-corrected chi connectivity index (χ0v) is 22.1. The lowest BCUT2D eigenvalue weighted by molar-refractivity contribution is -0.177. The number of hydrogen-bond acceptors (Lipinski definition) is 4. The molecule has 4 heterocycles. The highest BCUT2D eigenvalue weighted by atomic mass is 79.9. The van der Waals surface area contributed by atoms with E-state index in [0.29, 0.717) is 18.1 Å². The molecule has 6 rings (SSSR count). The lowest BCUT2D eigenvalue weighted by Crippen LogP contribution is -2.64. The van der Waals surface area contributed by atoms with Crippen LogP contribution in [0, 0.1) is 12.8 Å². The molecule has 2 fully saturated rings. The number of fused-ring (bicyclic) bond motifs is 3. The van der Waals surface area contributed by atoms with Crippen LogP contribution in [0.4, 0.5) is 0 Å². The summed E-state index contributed by atoms with van der Waals surface area (Å²) in [4.78, 5) is 19.5. The Balaban J connectivity index is 1.32. The smallest absolute Gasteiger partial charge is 0.340 e. The van der Waals surface area contributed by atoms with E-state index in [9.17, 15) is 4.79 Å². The number of aromatic amines is 1. The van der Waals surface area contributed by atoms with E-state index in [2.05, 4.69) is 50.9 Å². The second-order valence-electron chi connectivity index (χ2n) is 10.5. The Bertz CT molecular complexity index is 1280. The molecule has 0 radical (unpaired) electrons. The van der Waals surface area contributed by atoms with E-state index in [1.807, 2.05) is 25.1 Å². The Labute approximate surface area is 215 Å². The zero-order valence-electron chi connectivity index (χ0n) is 20.5. The summed E-state index contributed by atoms with van der Waals surface area (Å²) in [6.07, 6.45) is 6.93. The Morgan fingerprint density at radius 1 is 1.23 bits per heavy atom. The molecule has 35 heavy (non-hydrogen) atoms. The molecule has 6 heteroatoms. The van der Waals surface area contributed by atoms with Gasteiger partial charge in [-0.2, -0.15) is 0 Å². The predicted octanol–water partition coefficient (Wildman–Crippen LogP) is 6.73. The number of nitrogens with one attached hydrogen (secondary N) is 1. The number of esters is 1. The molecule has 3 atom stereocenters. The summed E-state index contributed by atoms with van der Waals surface area (Å²) in [6, 6.07) is 12.3. The first kappa shape index (κ1) is 23.1. The summed E-state index contributed by atoms with van der Waals surface area (Å²) >= 11 is 3.62. The van der Waals surface area contributed by atoms with Crippen molar-refractivity contribution in [3.8, 4) is 5.75 Å². The number of aromatic nitrogens is 1. The number of H-pyrrole nitrogens is 1. The standard InChI is InChI=1S/C29H33BrN2O3/c1-18(21-9-3-4-10-23(21)30)17-34-28(33)26-19(2)31-24-11-12-25-22(27(24)26)16-20-8-7-15-32-14-6-5-13-29(20,32)35-25/h3-4,9-12,18,20,31H,5-8,13-17H2,1-2H3/t18-,20?,29?/m1/s1. The number of ether oxygens (including phenoxy) is 2. The molecule has 2 saturated heterocycles. The lowest BCUT2D eigenvalue weighted by Gasteiger charge is -2.56. The minimum absolute atomic E-state index is 0.0941. The number of piperidine rings is 2. The third-order valence-corrected chi connectivity index (χ3v) is 9.15. The molecular formula is C29H33BrN2O3. The van der Waals surface area contributed by atoms with E-state index in [4.69, 9.17) is 9.47 Å². The zero-order chi connectivity index (χ0) is 24.2. The number of nitrogens with zero attached hydrogens (tertiary/aromatic N) is 1. The summed E-state index contributed by atoms with van der Waals surface area (Å²) in [5.41, 5.74) is 4.65. The first-order chi connectivity index (χ1) is 17.0. The minimum atomic E-state index is -0.260. The summed E-state index contributed by atoms with van der Waals surface area (Å²) in [5, 5.41) is 0.987. The van der Waals surface area contributed by atoms with Crippen LogP contribution >= 0.6 is 15.9 Å². The Hall–Kier alpha value is -2.31. The molecule has 3 aliphatic rings. The van der Waals surface area contributed by atoms with Gasteiger partial charge in [-0.3, -0.25) is 4.90 Å². The van der Waals surface area contributed by atoms with Gasteiger partial charge in [0.15, 0.2) is 5.72 Å². The largest absolute Gasteiger partial charge is 0.472 e. The molecule has 184 valence electrons. The van der Waals surface area contributed by atoms with Crippen molar-refractivity contribution in [2.45, 2.75) is 64.0 Å². The lowest BCUT2D eigenvalue weighted by atomic mass is 9.74. The van der Waals surface area contributed by atoms with Crippen molar-refractivity contribution in [2.75, 3.05) is 19.7 Å². The van der Waals surface area contributed by atoms with Crippen LogP contribution in [-0.4, -0.2) is 41.3 Å². The monoisotopic (exact) mass is 536 g/mol. The Morgan fingerprint density at radius 2 is 2.06 bits per heavy atom. The molecule has 0 bridgehead atoms. The van der Waals surface area contributed by atoms with Crippen molar-refractivity contribution in [3.05, 3.63) is 63.3 Å². The maximum atomic E-state index is 13.5. The molecule has 3 aliphatic heterocycles. The van der Waals surface area contributed by atoms with Gasteiger partial charge in [0.05, 0.1) is 12.2 Å². The van der Waals surface area contributed by atoms with Gasteiger partial charge in [0.25, 0.3) is 0 Å². The number of halogens is 1. The fourth-order valence-corrected chi connectivity index (χ4v) is 7.38. The van der Waals surface area contributed by atoms with Gasteiger partial charge in [0.1, 0.15) is 5.75 Å². The fourth-order valence-electron chi connectivity index (χ4n) is 6.70. The van der Waals surface area contributed by atoms with E-state index < -0.39 is 0 Å². The van der Waals surface area contributed by atoms with Gasteiger partial charge in [-0.15, -0.1) is 0 Å². The molecule has 1 aromatic heterocycles. The third-order valence-electron chi connectivity index (χ3n) is 8.43. The molecule has 1 N–H and O–H groups in total. The fraction of sp³-hybridized carbons (Fsp3) is 0.483. The van der Waals surface area contributed by atoms with E-state index in [-0.39, 0.29) is 17.6 Å². The van der Waals surface area contributed by atoms with Crippen LogP contribution < -0.4 is 4.74 Å².